The Balaban J connectivity index is 1.79. The Hall–Kier alpha value is -3.53. The van der Waals surface area contributed by atoms with Crippen molar-refractivity contribution in [2.24, 2.45) is 0 Å². The van der Waals surface area contributed by atoms with Crippen LogP contribution >= 0.6 is 11.8 Å². The van der Waals surface area contributed by atoms with Gasteiger partial charge in [-0.05, 0) is 17.7 Å². The third kappa shape index (κ3) is 3.25. The van der Waals surface area contributed by atoms with Gasteiger partial charge in [0.05, 0.1) is 16.8 Å². The Kier molecular flexibility index (Phi) is 4.62. The molecule has 0 amide bonds. The number of thioether (sulfide) groups is 1. The van der Waals surface area contributed by atoms with E-state index in [-0.39, 0.29) is 21.9 Å². The quantitative estimate of drug-likeness (QED) is 0.239. The predicted molar refractivity (Wildman–Crippen MR) is 102 cm³/mol. The maximum atomic E-state index is 14.4. The number of non-ortho nitro benzene ring substituents is 1. The van der Waals surface area contributed by atoms with Crippen LogP contribution in [0.5, 0.6) is 0 Å². The molecular weight excluding hydrogens is 385 g/mol. The van der Waals surface area contributed by atoms with Crippen LogP contribution in [0.4, 0.5) is 10.1 Å². The molecule has 2 aromatic heterocycles. The predicted octanol–water partition coefficient (Wildman–Crippen LogP) is 3.45. The fraction of sp³-hybridized carbons (Fsp3) is 0.0556. The molecule has 1 N–H and O–H groups in total. The number of rotatable bonds is 5. The number of nitrogens with one attached hydrogen (secondary N) is 1. The van der Waals surface area contributed by atoms with Crippen molar-refractivity contribution in [2.75, 3.05) is 0 Å². The first-order valence-electron chi connectivity index (χ1n) is 8.12. The van der Waals surface area contributed by atoms with Crippen molar-refractivity contribution in [3.05, 3.63) is 86.6 Å². The number of hydrogen-bond acceptors (Lipinski definition) is 6. The fourth-order valence-electron chi connectivity index (χ4n) is 2.72. The molecule has 4 aromatic rings. The molecule has 0 radical (unpaired) electrons. The van der Waals surface area contributed by atoms with Gasteiger partial charge in [0.2, 0.25) is 0 Å². The van der Waals surface area contributed by atoms with E-state index in [0.29, 0.717) is 17.0 Å². The lowest BCUT2D eigenvalue weighted by molar-refractivity contribution is -0.384. The van der Waals surface area contributed by atoms with Crippen molar-refractivity contribution >= 4 is 28.5 Å². The van der Waals surface area contributed by atoms with E-state index in [1.54, 1.807) is 18.2 Å². The minimum Gasteiger partial charge on any atom is -0.268 e. The molecule has 0 saturated heterocycles. The second-order valence-corrected chi connectivity index (χ2v) is 6.78. The van der Waals surface area contributed by atoms with Gasteiger partial charge in [0.1, 0.15) is 11.2 Å². The summed E-state index contributed by atoms with van der Waals surface area (Å²) in [7, 11) is 0. The average Bonchev–Trinajstić information content (AvgIpc) is 3.16. The van der Waals surface area contributed by atoms with Gasteiger partial charge in [0.25, 0.3) is 11.2 Å². The minimum absolute atomic E-state index is 0.0263. The SMILES string of the molecule is O=c1c2cn[nH]c2nc(SCc2cccc([N+](=O)[O-])c2)n1-c1ccccc1F. The Morgan fingerprint density at radius 3 is 2.82 bits per heavy atom. The number of nitro groups is 1. The Labute approximate surface area is 161 Å². The molecule has 0 unspecified atom stereocenters. The molecule has 0 fully saturated rings. The standard InChI is InChI=1S/C18H12FN5O3S/c19-14-6-1-2-7-15(14)23-17(25)13-9-20-22-16(13)21-18(23)28-10-11-4-3-5-12(8-11)24(26)27/h1-9H,10H2,(H,20,22). The van der Waals surface area contributed by atoms with Crippen LogP contribution in [0, 0.1) is 15.9 Å². The van der Waals surface area contributed by atoms with E-state index in [0.717, 1.165) is 0 Å². The van der Waals surface area contributed by atoms with Crippen molar-refractivity contribution in [3.8, 4) is 5.69 Å². The van der Waals surface area contributed by atoms with E-state index in [2.05, 4.69) is 15.2 Å². The highest BCUT2D eigenvalue weighted by molar-refractivity contribution is 7.98. The highest BCUT2D eigenvalue weighted by Crippen LogP contribution is 2.26. The van der Waals surface area contributed by atoms with Crippen molar-refractivity contribution in [3.63, 3.8) is 0 Å². The number of nitro benzene ring substituents is 1. The first-order valence-corrected chi connectivity index (χ1v) is 9.10. The van der Waals surface area contributed by atoms with Crippen LogP contribution in [-0.4, -0.2) is 24.7 Å². The van der Waals surface area contributed by atoms with Crippen LogP contribution < -0.4 is 5.56 Å². The lowest BCUT2D eigenvalue weighted by Crippen LogP contribution is -2.22. The lowest BCUT2D eigenvalue weighted by atomic mass is 10.2. The highest BCUT2D eigenvalue weighted by atomic mass is 32.2. The van der Waals surface area contributed by atoms with Crippen LogP contribution in [0.2, 0.25) is 0 Å². The summed E-state index contributed by atoms with van der Waals surface area (Å²) in [4.78, 5) is 27.8. The summed E-state index contributed by atoms with van der Waals surface area (Å²) in [6, 6.07) is 12.1. The largest absolute Gasteiger partial charge is 0.269 e. The third-order valence-electron chi connectivity index (χ3n) is 4.03. The number of halogens is 1. The van der Waals surface area contributed by atoms with E-state index in [1.165, 1.54) is 52.9 Å². The van der Waals surface area contributed by atoms with E-state index in [9.17, 15) is 19.3 Å². The van der Waals surface area contributed by atoms with Gasteiger partial charge in [0.15, 0.2) is 10.8 Å². The average molecular weight is 397 g/mol. The Morgan fingerprint density at radius 1 is 1.21 bits per heavy atom. The number of fused-ring (bicyclic) bond motifs is 1. The lowest BCUT2D eigenvalue weighted by Gasteiger charge is -2.12. The number of hydrogen-bond donors (Lipinski definition) is 1. The summed E-state index contributed by atoms with van der Waals surface area (Å²) < 4.78 is 15.6. The topological polar surface area (TPSA) is 107 Å². The van der Waals surface area contributed by atoms with E-state index in [1.807, 2.05) is 0 Å². The van der Waals surface area contributed by atoms with Gasteiger partial charge in [-0.15, -0.1) is 0 Å². The van der Waals surface area contributed by atoms with Gasteiger partial charge in [-0.25, -0.2) is 9.37 Å². The van der Waals surface area contributed by atoms with Crippen LogP contribution in [0.3, 0.4) is 0 Å². The number of para-hydroxylation sites is 1. The van der Waals surface area contributed by atoms with Crippen molar-refractivity contribution in [1.82, 2.24) is 19.7 Å². The third-order valence-corrected chi connectivity index (χ3v) is 5.04. The van der Waals surface area contributed by atoms with Crippen LogP contribution in [0.15, 0.2) is 64.7 Å². The number of H-pyrrole nitrogens is 1. The van der Waals surface area contributed by atoms with E-state index in [4.69, 9.17) is 0 Å². The van der Waals surface area contributed by atoms with Gasteiger partial charge in [0, 0.05) is 17.9 Å². The summed E-state index contributed by atoms with van der Waals surface area (Å²) >= 11 is 1.17. The summed E-state index contributed by atoms with van der Waals surface area (Å²) in [6.07, 6.45) is 1.34. The molecule has 0 aliphatic heterocycles. The smallest absolute Gasteiger partial charge is 0.268 e. The molecule has 4 rings (SSSR count). The molecule has 10 heteroatoms. The molecular formula is C18H12FN5O3S. The van der Waals surface area contributed by atoms with Crippen LogP contribution in [-0.2, 0) is 5.75 Å². The second-order valence-electron chi connectivity index (χ2n) is 5.83. The second kappa shape index (κ2) is 7.24. The maximum Gasteiger partial charge on any atom is 0.269 e. The fourth-order valence-corrected chi connectivity index (χ4v) is 3.67. The highest BCUT2D eigenvalue weighted by Gasteiger charge is 2.17. The molecule has 0 bridgehead atoms. The van der Waals surface area contributed by atoms with E-state index < -0.39 is 16.3 Å². The number of aromatic nitrogens is 4. The summed E-state index contributed by atoms with van der Waals surface area (Å²) in [5.41, 5.74) is 0.564. The molecule has 8 nitrogen and oxygen atoms in total. The zero-order chi connectivity index (χ0) is 19.7. The normalized spacial score (nSPS) is 11.0. The molecule has 28 heavy (non-hydrogen) atoms. The summed E-state index contributed by atoms with van der Waals surface area (Å²) in [6.45, 7) is 0. The van der Waals surface area contributed by atoms with Crippen molar-refractivity contribution in [2.45, 2.75) is 10.9 Å². The molecule has 0 aliphatic carbocycles. The molecule has 140 valence electrons. The van der Waals surface area contributed by atoms with Gasteiger partial charge < -0.3 is 0 Å². The molecule has 0 saturated carbocycles. The molecule has 0 aliphatic rings. The maximum absolute atomic E-state index is 14.4. The number of nitrogens with zero attached hydrogens (tertiary/aromatic N) is 4. The Morgan fingerprint density at radius 2 is 2.04 bits per heavy atom. The monoisotopic (exact) mass is 397 g/mol. The molecule has 0 atom stereocenters. The number of aromatic amines is 1. The molecule has 0 spiro atoms. The van der Waals surface area contributed by atoms with Crippen LogP contribution in [0.25, 0.3) is 16.7 Å². The van der Waals surface area contributed by atoms with Gasteiger partial charge in [-0.2, -0.15) is 5.10 Å². The summed E-state index contributed by atoms with van der Waals surface area (Å²) in [5.74, 6) is -0.256. The first-order chi connectivity index (χ1) is 13.5. The molecule has 2 heterocycles. The Bertz CT molecular complexity index is 1250. The molecule has 2 aromatic carbocycles. The zero-order valence-corrected chi connectivity index (χ0v) is 15.0. The number of benzene rings is 2. The first kappa shape index (κ1) is 17.9. The van der Waals surface area contributed by atoms with Gasteiger partial charge >= 0.3 is 0 Å². The van der Waals surface area contributed by atoms with Gasteiger partial charge in [-0.3, -0.25) is 24.6 Å². The summed E-state index contributed by atoms with van der Waals surface area (Å²) in [5, 5.41) is 17.9. The van der Waals surface area contributed by atoms with Crippen molar-refractivity contribution in [1.29, 1.82) is 0 Å². The van der Waals surface area contributed by atoms with Crippen molar-refractivity contribution < 1.29 is 9.31 Å². The van der Waals surface area contributed by atoms with Crippen LogP contribution in [0.1, 0.15) is 5.56 Å². The minimum atomic E-state index is -0.563. The zero-order valence-electron chi connectivity index (χ0n) is 14.2. The van der Waals surface area contributed by atoms with Gasteiger partial charge in [-0.1, -0.05) is 36.0 Å². The van der Waals surface area contributed by atoms with E-state index >= 15 is 0 Å².